The van der Waals surface area contributed by atoms with Crippen LogP contribution in [-0.4, -0.2) is 24.5 Å². The zero-order valence-corrected chi connectivity index (χ0v) is 23.3. The Morgan fingerprint density at radius 2 is 1.43 bits per heavy atom. The summed E-state index contributed by atoms with van der Waals surface area (Å²) in [5, 5.41) is 2.26. The van der Waals surface area contributed by atoms with E-state index in [9.17, 15) is 14.4 Å². The number of carbonyl (C=O) groups is 3. The third kappa shape index (κ3) is 6.67. The third-order valence-electron chi connectivity index (χ3n) is 6.54. The lowest BCUT2D eigenvalue weighted by molar-refractivity contribution is -0.122. The molecule has 1 N–H and O–H groups in total. The van der Waals surface area contributed by atoms with Gasteiger partial charge in [-0.1, -0.05) is 66.2 Å². The second kappa shape index (κ2) is 12.9. The number of aryl methyl sites for hydroxylation is 1. The Hall–Kier alpha value is -5.37. The van der Waals surface area contributed by atoms with E-state index in [1.165, 1.54) is 11.6 Å². The quantitative estimate of drug-likeness (QED) is 0.182. The zero-order valence-electron chi connectivity index (χ0n) is 23.3. The molecule has 1 fully saturated rings. The number of ether oxygens (including phenoxy) is 3. The van der Waals surface area contributed by atoms with Crippen LogP contribution in [0.3, 0.4) is 0 Å². The fraction of sp³-hybridized carbons (Fsp3) is 0.147. The van der Waals surface area contributed by atoms with E-state index in [0.29, 0.717) is 48.3 Å². The Labute approximate surface area is 244 Å². The van der Waals surface area contributed by atoms with Crippen molar-refractivity contribution in [3.8, 4) is 17.2 Å². The highest BCUT2D eigenvalue weighted by molar-refractivity contribution is 6.39. The highest BCUT2D eigenvalue weighted by atomic mass is 16.5. The standard InChI is InChI=1S/C34H30N2O6/c1-3-40-31-20-26(13-18-30(31)42-22-24-7-5-4-6-8-24)19-29-32(37)35-34(39)36(33(29)38)27-14-16-28(17-15-27)41-21-25-11-9-23(2)10-12-25/h4-20H,3,21-22H2,1-2H3,(H,35,37,39)/b29-19+. The second-order valence-electron chi connectivity index (χ2n) is 9.64. The first-order valence-electron chi connectivity index (χ1n) is 13.5. The average Bonchev–Trinajstić information content (AvgIpc) is 3.00. The first-order valence-corrected chi connectivity index (χ1v) is 13.5. The number of anilines is 1. The van der Waals surface area contributed by atoms with Crippen LogP contribution in [0.4, 0.5) is 10.5 Å². The van der Waals surface area contributed by atoms with E-state index in [0.717, 1.165) is 16.0 Å². The molecular formula is C34H30N2O6. The van der Waals surface area contributed by atoms with Crippen LogP contribution in [0.1, 0.15) is 29.2 Å². The summed E-state index contributed by atoms with van der Waals surface area (Å²) in [5.41, 5.74) is 3.85. The molecule has 0 unspecified atom stereocenters. The molecule has 0 atom stereocenters. The lowest BCUT2D eigenvalue weighted by Gasteiger charge is -2.26. The number of hydrogen-bond donors (Lipinski definition) is 1. The number of rotatable bonds is 10. The molecule has 1 saturated heterocycles. The van der Waals surface area contributed by atoms with Gasteiger partial charge in [0, 0.05) is 0 Å². The maximum absolute atomic E-state index is 13.4. The molecule has 0 aliphatic carbocycles. The Morgan fingerprint density at radius 1 is 0.738 bits per heavy atom. The van der Waals surface area contributed by atoms with Gasteiger partial charge in [-0.2, -0.15) is 0 Å². The van der Waals surface area contributed by atoms with E-state index >= 15 is 0 Å². The summed E-state index contributed by atoms with van der Waals surface area (Å²) in [6.07, 6.45) is 1.43. The third-order valence-corrected chi connectivity index (χ3v) is 6.54. The van der Waals surface area contributed by atoms with Crippen molar-refractivity contribution in [2.75, 3.05) is 11.5 Å². The van der Waals surface area contributed by atoms with Crippen molar-refractivity contribution in [1.82, 2.24) is 5.32 Å². The zero-order chi connectivity index (χ0) is 29.5. The molecule has 212 valence electrons. The van der Waals surface area contributed by atoms with E-state index in [2.05, 4.69) is 5.32 Å². The van der Waals surface area contributed by atoms with E-state index in [-0.39, 0.29) is 5.57 Å². The summed E-state index contributed by atoms with van der Waals surface area (Å²) in [4.78, 5) is 39.7. The number of hydrogen-bond acceptors (Lipinski definition) is 6. The van der Waals surface area contributed by atoms with Crippen LogP contribution < -0.4 is 24.4 Å². The van der Waals surface area contributed by atoms with Gasteiger partial charge in [0.1, 0.15) is 24.5 Å². The minimum atomic E-state index is -0.824. The largest absolute Gasteiger partial charge is 0.490 e. The highest BCUT2D eigenvalue weighted by Crippen LogP contribution is 2.31. The molecule has 0 saturated carbocycles. The molecule has 4 amide bonds. The van der Waals surface area contributed by atoms with Gasteiger partial charge >= 0.3 is 6.03 Å². The van der Waals surface area contributed by atoms with Crippen LogP contribution in [0.15, 0.2) is 103 Å². The van der Waals surface area contributed by atoms with Gasteiger partial charge in [-0.3, -0.25) is 14.9 Å². The molecule has 0 spiro atoms. The molecule has 1 heterocycles. The predicted octanol–water partition coefficient (Wildman–Crippen LogP) is 6.22. The predicted molar refractivity (Wildman–Crippen MR) is 159 cm³/mol. The maximum atomic E-state index is 13.4. The van der Waals surface area contributed by atoms with Crippen LogP contribution in [-0.2, 0) is 22.8 Å². The van der Waals surface area contributed by atoms with Crippen LogP contribution in [0.25, 0.3) is 6.08 Å². The second-order valence-corrected chi connectivity index (χ2v) is 9.64. The van der Waals surface area contributed by atoms with Crippen molar-refractivity contribution in [3.05, 3.63) is 125 Å². The Balaban J connectivity index is 1.32. The summed E-state index contributed by atoms with van der Waals surface area (Å²) in [7, 11) is 0. The molecule has 8 heteroatoms. The Kier molecular flexibility index (Phi) is 8.63. The topological polar surface area (TPSA) is 94.2 Å². The number of nitrogens with one attached hydrogen (secondary N) is 1. The number of carbonyl (C=O) groups excluding carboxylic acids is 3. The van der Waals surface area contributed by atoms with E-state index in [4.69, 9.17) is 14.2 Å². The van der Waals surface area contributed by atoms with Crippen molar-refractivity contribution >= 4 is 29.6 Å². The van der Waals surface area contributed by atoms with Crippen LogP contribution in [0, 0.1) is 6.92 Å². The van der Waals surface area contributed by atoms with E-state index in [1.807, 2.05) is 68.4 Å². The van der Waals surface area contributed by atoms with Crippen molar-refractivity contribution in [2.24, 2.45) is 0 Å². The van der Waals surface area contributed by atoms with Crippen LogP contribution in [0.5, 0.6) is 17.2 Å². The molecule has 1 aliphatic heterocycles. The molecule has 4 aromatic carbocycles. The minimum Gasteiger partial charge on any atom is -0.490 e. The molecule has 5 rings (SSSR count). The van der Waals surface area contributed by atoms with E-state index < -0.39 is 17.8 Å². The number of barbiturate groups is 1. The number of imide groups is 2. The lowest BCUT2D eigenvalue weighted by Crippen LogP contribution is -2.54. The normalized spacial score (nSPS) is 14.1. The maximum Gasteiger partial charge on any atom is 0.335 e. The summed E-state index contributed by atoms with van der Waals surface area (Å²) in [5.74, 6) is 0.0690. The van der Waals surface area contributed by atoms with Gasteiger partial charge in [0.2, 0.25) is 0 Å². The van der Waals surface area contributed by atoms with Crippen molar-refractivity contribution in [3.63, 3.8) is 0 Å². The summed E-state index contributed by atoms with van der Waals surface area (Å²) in [6.45, 7) is 5.01. The number of amides is 4. The highest BCUT2D eigenvalue weighted by Gasteiger charge is 2.36. The van der Waals surface area contributed by atoms with Gasteiger partial charge in [-0.15, -0.1) is 0 Å². The monoisotopic (exact) mass is 562 g/mol. The number of benzene rings is 4. The summed E-state index contributed by atoms with van der Waals surface area (Å²) < 4.78 is 17.6. The number of urea groups is 1. The molecule has 1 aliphatic rings. The summed E-state index contributed by atoms with van der Waals surface area (Å²) in [6, 6.07) is 28.6. The van der Waals surface area contributed by atoms with Gasteiger partial charge < -0.3 is 14.2 Å². The van der Waals surface area contributed by atoms with E-state index in [1.54, 1.807) is 42.5 Å². The first kappa shape index (κ1) is 28.2. The Morgan fingerprint density at radius 3 is 2.14 bits per heavy atom. The smallest absolute Gasteiger partial charge is 0.335 e. The molecule has 4 aromatic rings. The SMILES string of the molecule is CCOc1cc(/C=C2\C(=O)NC(=O)N(c3ccc(OCc4ccc(C)cc4)cc3)C2=O)ccc1OCc1ccccc1. The molecule has 0 aromatic heterocycles. The summed E-state index contributed by atoms with van der Waals surface area (Å²) >= 11 is 0. The van der Waals surface area contributed by atoms with Gasteiger partial charge in [-0.25, -0.2) is 9.69 Å². The van der Waals surface area contributed by atoms with Crippen LogP contribution in [0.2, 0.25) is 0 Å². The fourth-order valence-corrected chi connectivity index (χ4v) is 4.34. The first-order chi connectivity index (χ1) is 20.4. The lowest BCUT2D eigenvalue weighted by atomic mass is 10.1. The van der Waals surface area contributed by atoms with Crippen molar-refractivity contribution in [1.29, 1.82) is 0 Å². The van der Waals surface area contributed by atoms with Crippen molar-refractivity contribution < 1.29 is 28.6 Å². The van der Waals surface area contributed by atoms with Gasteiger partial charge in [0.15, 0.2) is 11.5 Å². The van der Waals surface area contributed by atoms with Crippen LogP contribution >= 0.6 is 0 Å². The Bertz CT molecular complexity index is 1610. The minimum absolute atomic E-state index is 0.185. The van der Waals surface area contributed by atoms with Gasteiger partial charge in [0.05, 0.1) is 12.3 Å². The number of nitrogens with zero attached hydrogens (tertiary/aromatic N) is 1. The fourth-order valence-electron chi connectivity index (χ4n) is 4.34. The molecule has 42 heavy (non-hydrogen) atoms. The molecule has 0 bridgehead atoms. The molecule has 0 radical (unpaired) electrons. The molecular weight excluding hydrogens is 532 g/mol. The average molecular weight is 563 g/mol. The van der Waals surface area contributed by atoms with Gasteiger partial charge in [-0.05, 0) is 73.0 Å². The van der Waals surface area contributed by atoms with Crippen molar-refractivity contribution in [2.45, 2.75) is 27.1 Å². The van der Waals surface area contributed by atoms with Gasteiger partial charge in [0.25, 0.3) is 11.8 Å². The molecule has 8 nitrogen and oxygen atoms in total.